The van der Waals surface area contributed by atoms with Gasteiger partial charge < -0.3 is 9.47 Å². The third-order valence-electron chi connectivity index (χ3n) is 5.64. The van der Waals surface area contributed by atoms with Crippen LogP contribution >= 0.6 is 11.6 Å². The van der Waals surface area contributed by atoms with Crippen molar-refractivity contribution in [1.82, 2.24) is 13.8 Å². The number of sulfonamides is 1. The maximum atomic E-state index is 12.7. The molecule has 2 aliphatic heterocycles. The maximum absolute atomic E-state index is 12.7. The molecule has 27 heavy (non-hydrogen) atoms. The molecule has 2 aliphatic rings. The minimum absolute atomic E-state index is 0.0185. The smallest absolute Gasteiger partial charge is 0.224 e. The van der Waals surface area contributed by atoms with Crippen molar-refractivity contribution in [1.29, 1.82) is 0 Å². The largest absolute Gasteiger partial charge is 0.347 e. The van der Waals surface area contributed by atoms with Crippen LogP contribution in [0.4, 0.5) is 0 Å². The van der Waals surface area contributed by atoms with Crippen molar-refractivity contribution in [3.05, 3.63) is 35.5 Å². The number of aromatic nitrogens is 1. The lowest BCUT2D eigenvalue weighted by atomic mass is 10.2. The summed E-state index contributed by atoms with van der Waals surface area (Å²) in [6, 6.07) is 7.69. The van der Waals surface area contributed by atoms with Crippen LogP contribution in [0.2, 0.25) is 5.02 Å². The molecule has 8 heteroatoms. The summed E-state index contributed by atoms with van der Waals surface area (Å²) in [6.45, 7) is 2.66. The highest BCUT2D eigenvalue weighted by atomic mass is 35.5. The molecule has 0 saturated carbocycles. The first-order valence-corrected chi connectivity index (χ1v) is 11.3. The zero-order valence-corrected chi connectivity index (χ0v) is 16.8. The molecule has 0 spiro atoms. The van der Waals surface area contributed by atoms with Gasteiger partial charge in [0.2, 0.25) is 15.9 Å². The van der Waals surface area contributed by atoms with Crippen molar-refractivity contribution < 1.29 is 13.2 Å². The molecule has 146 valence electrons. The topological polar surface area (TPSA) is 62.6 Å². The van der Waals surface area contributed by atoms with E-state index in [2.05, 4.69) is 0 Å². The molecule has 0 radical (unpaired) electrons. The Balaban J connectivity index is 1.36. The minimum Gasteiger partial charge on any atom is -0.347 e. The van der Waals surface area contributed by atoms with E-state index in [9.17, 15) is 13.2 Å². The molecular formula is C19H24ClN3O3S. The van der Waals surface area contributed by atoms with Gasteiger partial charge in [0.15, 0.2) is 0 Å². The van der Waals surface area contributed by atoms with Gasteiger partial charge >= 0.3 is 0 Å². The highest BCUT2D eigenvalue weighted by Crippen LogP contribution is 2.25. The average Bonchev–Trinajstić information content (AvgIpc) is 3.39. The van der Waals surface area contributed by atoms with Crippen molar-refractivity contribution in [2.24, 2.45) is 0 Å². The first-order chi connectivity index (χ1) is 12.9. The maximum Gasteiger partial charge on any atom is 0.224 e. The van der Waals surface area contributed by atoms with E-state index in [-0.39, 0.29) is 5.91 Å². The van der Waals surface area contributed by atoms with Crippen molar-refractivity contribution in [2.45, 2.75) is 37.5 Å². The quantitative estimate of drug-likeness (QED) is 0.762. The molecule has 0 N–H and O–H groups in total. The molecule has 4 rings (SSSR count). The van der Waals surface area contributed by atoms with Gasteiger partial charge in [0.05, 0.1) is 5.25 Å². The summed E-state index contributed by atoms with van der Waals surface area (Å²) in [7, 11) is -3.27. The van der Waals surface area contributed by atoms with Crippen LogP contribution in [0.1, 0.15) is 25.7 Å². The molecule has 1 aromatic carbocycles. The molecule has 1 unspecified atom stereocenters. The summed E-state index contributed by atoms with van der Waals surface area (Å²) < 4.78 is 29.0. The number of rotatable bonds is 5. The van der Waals surface area contributed by atoms with Crippen LogP contribution in [0.5, 0.6) is 0 Å². The number of amides is 1. The molecular weight excluding hydrogens is 386 g/mol. The lowest BCUT2D eigenvalue weighted by molar-refractivity contribution is -0.130. The lowest BCUT2D eigenvalue weighted by Gasteiger charge is -2.21. The van der Waals surface area contributed by atoms with Crippen LogP contribution in [0.3, 0.4) is 0 Å². The molecule has 1 amide bonds. The number of carbonyl (C=O) groups excluding carboxylic acids is 1. The predicted octanol–water partition coefficient (Wildman–Crippen LogP) is 2.71. The van der Waals surface area contributed by atoms with Gasteiger partial charge in [0, 0.05) is 61.3 Å². The first kappa shape index (κ1) is 18.8. The Bertz CT molecular complexity index is 950. The molecule has 0 bridgehead atoms. The average molecular weight is 410 g/mol. The molecule has 1 aromatic heterocycles. The van der Waals surface area contributed by atoms with Crippen LogP contribution in [-0.2, 0) is 21.4 Å². The van der Waals surface area contributed by atoms with Gasteiger partial charge in [0.1, 0.15) is 0 Å². The fourth-order valence-corrected chi connectivity index (χ4v) is 6.23. The Kier molecular flexibility index (Phi) is 5.18. The summed E-state index contributed by atoms with van der Waals surface area (Å²) in [5.74, 6) is 0.0185. The zero-order chi connectivity index (χ0) is 19.0. The fraction of sp³-hybridized carbons (Fsp3) is 0.526. The Morgan fingerprint density at radius 1 is 1.15 bits per heavy atom. The molecule has 2 fully saturated rings. The van der Waals surface area contributed by atoms with E-state index in [0.29, 0.717) is 50.6 Å². The van der Waals surface area contributed by atoms with Gasteiger partial charge in [-0.05, 0) is 43.5 Å². The van der Waals surface area contributed by atoms with Gasteiger partial charge in [-0.3, -0.25) is 4.79 Å². The van der Waals surface area contributed by atoms with Crippen LogP contribution in [0.15, 0.2) is 30.5 Å². The number of hydrogen-bond acceptors (Lipinski definition) is 3. The Labute approximate surface area is 164 Å². The minimum atomic E-state index is -3.27. The molecule has 2 aromatic rings. The lowest BCUT2D eigenvalue weighted by Crippen LogP contribution is -2.39. The first-order valence-electron chi connectivity index (χ1n) is 9.46. The normalized spacial score (nSPS) is 21.4. The summed E-state index contributed by atoms with van der Waals surface area (Å²) in [4.78, 5) is 14.3. The van der Waals surface area contributed by atoms with Gasteiger partial charge in [-0.25, -0.2) is 12.7 Å². The highest BCUT2D eigenvalue weighted by molar-refractivity contribution is 7.89. The van der Waals surface area contributed by atoms with E-state index in [1.54, 1.807) is 9.21 Å². The summed E-state index contributed by atoms with van der Waals surface area (Å²) in [5, 5.41) is 1.29. The second-order valence-electron chi connectivity index (χ2n) is 7.36. The molecule has 0 aliphatic carbocycles. The number of nitrogens with zero attached hydrogens (tertiary/aromatic N) is 3. The molecule has 2 saturated heterocycles. The Hall–Kier alpha value is -1.57. The van der Waals surface area contributed by atoms with Gasteiger partial charge in [-0.15, -0.1) is 0 Å². The number of likely N-dealkylation sites (tertiary alicyclic amines) is 1. The number of halogens is 1. The number of aryl methyl sites for hydroxylation is 1. The van der Waals surface area contributed by atoms with E-state index in [1.165, 1.54) is 0 Å². The second-order valence-corrected chi connectivity index (χ2v) is 10.0. The van der Waals surface area contributed by atoms with Gasteiger partial charge in [-0.2, -0.15) is 0 Å². The standard InChI is InChI=1S/C19H24ClN3O3S/c20-16-3-4-18-15(13-16)5-10-21(18)12-7-19(24)22-11-6-17(14-22)27(25,26)23-8-1-2-9-23/h3-5,10,13,17H,1-2,6-9,11-12,14H2. The molecule has 1 atom stereocenters. The van der Waals surface area contributed by atoms with E-state index < -0.39 is 15.3 Å². The summed E-state index contributed by atoms with van der Waals surface area (Å²) >= 11 is 6.02. The fourth-order valence-electron chi connectivity index (χ4n) is 4.09. The van der Waals surface area contributed by atoms with E-state index in [0.717, 1.165) is 23.7 Å². The van der Waals surface area contributed by atoms with Crippen LogP contribution < -0.4 is 0 Å². The van der Waals surface area contributed by atoms with Crippen LogP contribution in [0, 0.1) is 0 Å². The number of benzene rings is 1. The third kappa shape index (κ3) is 3.73. The van der Waals surface area contributed by atoms with E-state index in [4.69, 9.17) is 11.6 Å². The Morgan fingerprint density at radius 3 is 2.70 bits per heavy atom. The number of hydrogen-bond donors (Lipinski definition) is 0. The number of carbonyl (C=O) groups is 1. The molecule has 3 heterocycles. The zero-order valence-electron chi connectivity index (χ0n) is 15.2. The number of fused-ring (bicyclic) bond motifs is 1. The third-order valence-corrected chi connectivity index (χ3v) is 8.19. The summed E-state index contributed by atoms with van der Waals surface area (Å²) in [6.07, 6.45) is 4.73. The predicted molar refractivity (Wildman–Crippen MR) is 106 cm³/mol. The van der Waals surface area contributed by atoms with Crippen molar-refractivity contribution in [3.63, 3.8) is 0 Å². The van der Waals surface area contributed by atoms with Crippen molar-refractivity contribution in [2.75, 3.05) is 26.2 Å². The summed E-state index contributed by atoms with van der Waals surface area (Å²) in [5.41, 5.74) is 1.04. The van der Waals surface area contributed by atoms with E-state index >= 15 is 0 Å². The van der Waals surface area contributed by atoms with Gasteiger partial charge in [-0.1, -0.05) is 11.6 Å². The van der Waals surface area contributed by atoms with Crippen LogP contribution in [-0.4, -0.2) is 59.5 Å². The monoisotopic (exact) mass is 409 g/mol. The van der Waals surface area contributed by atoms with Gasteiger partial charge in [0.25, 0.3) is 0 Å². The highest BCUT2D eigenvalue weighted by Gasteiger charge is 2.39. The second kappa shape index (κ2) is 7.45. The van der Waals surface area contributed by atoms with E-state index in [1.807, 2.05) is 35.0 Å². The van der Waals surface area contributed by atoms with Crippen molar-refractivity contribution >= 4 is 38.4 Å². The Morgan fingerprint density at radius 2 is 1.93 bits per heavy atom. The molecule has 6 nitrogen and oxygen atoms in total. The van der Waals surface area contributed by atoms with Crippen molar-refractivity contribution in [3.8, 4) is 0 Å². The SMILES string of the molecule is O=C(CCn1ccc2cc(Cl)ccc21)N1CCC(S(=O)(=O)N2CCCC2)C1. The van der Waals surface area contributed by atoms with Crippen LogP contribution in [0.25, 0.3) is 10.9 Å².